The Balaban J connectivity index is 1.79. The van der Waals surface area contributed by atoms with Crippen molar-refractivity contribution in [3.8, 4) is 0 Å². The second kappa shape index (κ2) is 8.54. The maximum absolute atomic E-state index is 12.8. The molecule has 2 N–H and O–H groups in total. The van der Waals surface area contributed by atoms with Crippen LogP contribution in [0, 0.1) is 0 Å². The highest BCUT2D eigenvalue weighted by molar-refractivity contribution is 5.97. The second-order valence-corrected chi connectivity index (χ2v) is 8.48. The number of nitrogens with one attached hydrogen (secondary N) is 2. The molecular formula is C21H28N4O6. The van der Waals surface area contributed by atoms with Crippen molar-refractivity contribution < 1.29 is 19.1 Å². The van der Waals surface area contributed by atoms with Crippen molar-refractivity contribution in [1.82, 2.24) is 19.8 Å². The number of methoxy groups -OCH3 is 1. The Labute approximate surface area is 179 Å². The fourth-order valence-corrected chi connectivity index (χ4v) is 3.56. The van der Waals surface area contributed by atoms with Gasteiger partial charge in [-0.05, 0) is 45.9 Å². The summed E-state index contributed by atoms with van der Waals surface area (Å²) >= 11 is 0. The van der Waals surface area contributed by atoms with Gasteiger partial charge in [-0.25, -0.2) is 9.59 Å². The van der Waals surface area contributed by atoms with Gasteiger partial charge in [-0.2, -0.15) is 0 Å². The van der Waals surface area contributed by atoms with Crippen LogP contribution in [0.2, 0.25) is 0 Å². The zero-order valence-corrected chi connectivity index (χ0v) is 18.4. The monoisotopic (exact) mass is 432 g/mol. The largest absolute Gasteiger partial charge is 0.444 e. The SMILES string of the molecule is CCn1c(=O)[nH]c2cc(C(=O)N[C@@H]3CN(C(=O)OC(C)(C)C)C[C@@H]3OC)ccc2c1=O. The quantitative estimate of drug-likeness (QED) is 0.745. The third-order valence-electron chi connectivity index (χ3n) is 5.10. The Kier molecular flexibility index (Phi) is 6.21. The lowest BCUT2D eigenvalue weighted by Gasteiger charge is -2.24. The van der Waals surface area contributed by atoms with Gasteiger partial charge in [0.25, 0.3) is 11.5 Å². The van der Waals surface area contributed by atoms with E-state index in [9.17, 15) is 19.2 Å². The van der Waals surface area contributed by atoms with Gasteiger partial charge in [0, 0.05) is 25.8 Å². The van der Waals surface area contributed by atoms with E-state index in [0.29, 0.717) is 5.39 Å². The molecule has 1 fully saturated rings. The Morgan fingerprint density at radius 2 is 1.94 bits per heavy atom. The molecule has 2 atom stereocenters. The highest BCUT2D eigenvalue weighted by Crippen LogP contribution is 2.18. The van der Waals surface area contributed by atoms with Crippen LogP contribution in [-0.2, 0) is 16.0 Å². The number of hydrogen-bond acceptors (Lipinski definition) is 6. The van der Waals surface area contributed by atoms with Crippen molar-refractivity contribution in [2.45, 2.75) is 52.0 Å². The second-order valence-electron chi connectivity index (χ2n) is 8.48. The van der Waals surface area contributed by atoms with E-state index in [1.165, 1.54) is 30.2 Å². The fourth-order valence-electron chi connectivity index (χ4n) is 3.56. The topological polar surface area (TPSA) is 123 Å². The smallest absolute Gasteiger partial charge is 0.410 e. The number of amides is 2. The number of rotatable bonds is 4. The molecule has 0 spiro atoms. The number of aromatic amines is 1. The molecule has 0 unspecified atom stereocenters. The number of fused-ring (bicyclic) bond motifs is 1. The molecule has 1 aromatic carbocycles. The van der Waals surface area contributed by atoms with E-state index in [4.69, 9.17) is 9.47 Å². The number of carbonyl (C=O) groups excluding carboxylic acids is 2. The van der Waals surface area contributed by atoms with E-state index in [1.54, 1.807) is 27.7 Å². The van der Waals surface area contributed by atoms with Crippen LogP contribution >= 0.6 is 0 Å². The number of hydrogen-bond donors (Lipinski definition) is 2. The van der Waals surface area contributed by atoms with Crippen molar-refractivity contribution in [3.05, 3.63) is 44.6 Å². The van der Waals surface area contributed by atoms with Crippen LogP contribution in [0.5, 0.6) is 0 Å². The van der Waals surface area contributed by atoms with Crippen LogP contribution in [0.25, 0.3) is 10.9 Å². The number of carbonyl (C=O) groups is 2. The first-order valence-electron chi connectivity index (χ1n) is 10.1. The van der Waals surface area contributed by atoms with Gasteiger partial charge in [0.05, 0.1) is 29.6 Å². The molecule has 1 aliphatic heterocycles. The Morgan fingerprint density at radius 3 is 2.55 bits per heavy atom. The molecule has 31 heavy (non-hydrogen) atoms. The standard InChI is InChI=1S/C21H28N4O6/c1-6-25-18(27)13-8-7-12(9-14(13)23-19(25)28)17(26)22-15-10-24(11-16(15)30-5)20(29)31-21(2,3)4/h7-9,15-16H,6,10-11H2,1-5H3,(H,22,26)(H,23,28)/t15-,16+/m1/s1. The van der Waals surface area contributed by atoms with Gasteiger partial charge in [0.2, 0.25) is 0 Å². The van der Waals surface area contributed by atoms with Gasteiger partial charge in [-0.15, -0.1) is 0 Å². The summed E-state index contributed by atoms with van der Waals surface area (Å²) in [7, 11) is 1.52. The van der Waals surface area contributed by atoms with E-state index in [1.807, 2.05) is 0 Å². The number of benzene rings is 1. The molecule has 2 heterocycles. The first-order chi connectivity index (χ1) is 14.5. The minimum absolute atomic E-state index is 0.241. The number of H-pyrrole nitrogens is 1. The maximum Gasteiger partial charge on any atom is 0.410 e. The van der Waals surface area contributed by atoms with Crippen molar-refractivity contribution in [3.63, 3.8) is 0 Å². The molecule has 10 heteroatoms. The molecule has 1 aromatic heterocycles. The van der Waals surface area contributed by atoms with Crippen molar-refractivity contribution in [2.75, 3.05) is 20.2 Å². The van der Waals surface area contributed by atoms with E-state index in [2.05, 4.69) is 10.3 Å². The van der Waals surface area contributed by atoms with Crippen LogP contribution in [0.1, 0.15) is 38.1 Å². The van der Waals surface area contributed by atoms with E-state index in [0.717, 1.165) is 4.57 Å². The van der Waals surface area contributed by atoms with Gasteiger partial charge in [-0.3, -0.25) is 14.2 Å². The molecule has 2 aromatic rings. The van der Waals surface area contributed by atoms with Crippen LogP contribution in [0.3, 0.4) is 0 Å². The summed E-state index contributed by atoms with van der Waals surface area (Å²) in [4.78, 5) is 53.8. The summed E-state index contributed by atoms with van der Waals surface area (Å²) in [6.07, 6.45) is -0.865. The summed E-state index contributed by atoms with van der Waals surface area (Å²) in [5, 5.41) is 3.20. The average Bonchev–Trinajstić information content (AvgIpc) is 3.09. The zero-order valence-electron chi connectivity index (χ0n) is 18.4. The summed E-state index contributed by atoms with van der Waals surface area (Å²) in [5.41, 5.74) is -0.989. The first-order valence-corrected chi connectivity index (χ1v) is 10.1. The number of likely N-dealkylation sites (tertiary alicyclic amines) is 1. The highest BCUT2D eigenvalue weighted by Gasteiger charge is 2.38. The van der Waals surface area contributed by atoms with Gasteiger partial charge in [0.1, 0.15) is 5.60 Å². The molecule has 3 rings (SSSR count). The normalized spacial score (nSPS) is 18.9. The summed E-state index contributed by atoms with van der Waals surface area (Å²) < 4.78 is 11.9. The lowest BCUT2D eigenvalue weighted by molar-refractivity contribution is 0.0252. The number of aromatic nitrogens is 2. The van der Waals surface area contributed by atoms with Gasteiger partial charge in [-0.1, -0.05) is 0 Å². The lowest BCUT2D eigenvalue weighted by atomic mass is 10.1. The van der Waals surface area contributed by atoms with E-state index >= 15 is 0 Å². The highest BCUT2D eigenvalue weighted by atomic mass is 16.6. The third-order valence-corrected chi connectivity index (χ3v) is 5.10. The van der Waals surface area contributed by atoms with Gasteiger partial charge >= 0.3 is 11.8 Å². The summed E-state index contributed by atoms with van der Waals surface area (Å²) in [6, 6.07) is 4.08. The third kappa shape index (κ3) is 4.79. The molecule has 0 saturated carbocycles. The Morgan fingerprint density at radius 1 is 1.23 bits per heavy atom. The van der Waals surface area contributed by atoms with Crippen molar-refractivity contribution >= 4 is 22.9 Å². The average molecular weight is 432 g/mol. The van der Waals surface area contributed by atoms with Crippen LogP contribution in [0.4, 0.5) is 4.79 Å². The van der Waals surface area contributed by atoms with Gasteiger partial charge < -0.3 is 24.7 Å². The number of ether oxygens (including phenoxy) is 2. The lowest BCUT2D eigenvalue weighted by Crippen LogP contribution is -2.44. The molecule has 1 aliphatic rings. The zero-order chi connectivity index (χ0) is 22.9. The minimum Gasteiger partial charge on any atom is -0.444 e. The molecule has 1 saturated heterocycles. The summed E-state index contributed by atoms with van der Waals surface area (Å²) in [6.45, 7) is 7.84. The molecule has 10 nitrogen and oxygen atoms in total. The minimum atomic E-state index is -0.626. The Hall–Kier alpha value is -3.14. The van der Waals surface area contributed by atoms with E-state index in [-0.39, 0.29) is 30.7 Å². The van der Waals surface area contributed by atoms with Crippen molar-refractivity contribution in [1.29, 1.82) is 0 Å². The molecule has 2 amide bonds. The predicted molar refractivity (Wildman–Crippen MR) is 114 cm³/mol. The molecule has 0 radical (unpaired) electrons. The van der Waals surface area contributed by atoms with Gasteiger partial charge in [0.15, 0.2) is 0 Å². The first kappa shape index (κ1) is 22.5. The van der Waals surface area contributed by atoms with E-state index < -0.39 is 41.0 Å². The predicted octanol–water partition coefficient (Wildman–Crippen LogP) is 1.07. The van der Waals surface area contributed by atoms with Crippen LogP contribution in [-0.4, -0.2) is 64.4 Å². The van der Waals surface area contributed by atoms with Crippen LogP contribution < -0.4 is 16.6 Å². The molecule has 0 aliphatic carbocycles. The Bertz CT molecular complexity index is 1110. The van der Waals surface area contributed by atoms with Crippen molar-refractivity contribution in [2.24, 2.45) is 0 Å². The molecule has 0 bridgehead atoms. The number of nitrogens with zero attached hydrogens (tertiary/aromatic N) is 2. The maximum atomic E-state index is 12.8. The fraction of sp³-hybridized carbons (Fsp3) is 0.524. The molecular weight excluding hydrogens is 404 g/mol. The summed E-state index contributed by atoms with van der Waals surface area (Å²) in [5.74, 6) is -0.402. The molecule has 168 valence electrons. The van der Waals surface area contributed by atoms with Crippen LogP contribution in [0.15, 0.2) is 27.8 Å².